The number of halogens is 1. The standard InChI is InChI=1S/C15H10FN3S/c16-12-5-3-10(4-6-12)13-9-18-15(20)19-14(13)11-2-1-7-17-8-11/h1-9H,(H,18,19,20). The molecule has 2 aromatic heterocycles. The van der Waals surface area contributed by atoms with Crippen LogP contribution in [0.3, 0.4) is 0 Å². The first kappa shape index (κ1) is 12.6. The quantitative estimate of drug-likeness (QED) is 0.723. The number of H-pyrrole nitrogens is 1. The van der Waals surface area contributed by atoms with Crippen molar-refractivity contribution in [2.24, 2.45) is 0 Å². The molecule has 0 bridgehead atoms. The average molecular weight is 283 g/mol. The molecule has 2 heterocycles. The van der Waals surface area contributed by atoms with Crippen molar-refractivity contribution in [2.75, 3.05) is 0 Å². The Kier molecular flexibility index (Phi) is 3.35. The third kappa shape index (κ3) is 2.48. The fourth-order valence-electron chi connectivity index (χ4n) is 1.98. The van der Waals surface area contributed by atoms with Crippen LogP contribution in [-0.2, 0) is 0 Å². The summed E-state index contributed by atoms with van der Waals surface area (Å²) in [4.78, 5) is 11.3. The van der Waals surface area contributed by atoms with Crippen LogP contribution in [0.4, 0.5) is 4.39 Å². The molecule has 0 radical (unpaired) electrons. The van der Waals surface area contributed by atoms with Crippen molar-refractivity contribution < 1.29 is 4.39 Å². The highest BCUT2D eigenvalue weighted by Crippen LogP contribution is 2.29. The molecule has 0 saturated heterocycles. The molecule has 0 amide bonds. The van der Waals surface area contributed by atoms with E-state index in [2.05, 4.69) is 15.0 Å². The van der Waals surface area contributed by atoms with Gasteiger partial charge in [0.25, 0.3) is 0 Å². The molecule has 0 aliphatic heterocycles. The van der Waals surface area contributed by atoms with Crippen LogP contribution in [0.25, 0.3) is 22.4 Å². The van der Waals surface area contributed by atoms with Crippen LogP contribution in [0.5, 0.6) is 0 Å². The lowest BCUT2D eigenvalue weighted by atomic mass is 10.0. The van der Waals surface area contributed by atoms with Crippen LogP contribution < -0.4 is 0 Å². The summed E-state index contributed by atoms with van der Waals surface area (Å²) in [6.07, 6.45) is 5.14. The smallest absolute Gasteiger partial charge is 0.197 e. The molecule has 1 aromatic carbocycles. The zero-order valence-electron chi connectivity index (χ0n) is 10.4. The Bertz CT molecular complexity index is 782. The van der Waals surface area contributed by atoms with Crippen molar-refractivity contribution >= 4 is 12.2 Å². The number of aromatic nitrogens is 3. The van der Waals surface area contributed by atoms with Crippen molar-refractivity contribution in [1.82, 2.24) is 15.0 Å². The van der Waals surface area contributed by atoms with Crippen LogP contribution in [0.15, 0.2) is 55.0 Å². The van der Waals surface area contributed by atoms with E-state index in [1.54, 1.807) is 30.7 Å². The number of benzene rings is 1. The average Bonchev–Trinajstić information content (AvgIpc) is 2.49. The molecule has 0 fully saturated rings. The lowest BCUT2D eigenvalue weighted by Gasteiger charge is -2.09. The van der Waals surface area contributed by atoms with Crippen LogP contribution in [-0.4, -0.2) is 15.0 Å². The maximum absolute atomic E-state index is 13.0. The largest absolute Gasteiger partial charge is 0.330 e. The van der Waals surface area contributed by atoms with E-state index in [1.165, 1.54) is 12.1 Å². The zero-order chi connectivity index (χ0) is 13.9. The molecule has 20 heavy (non-hydrogen) atoms. The number of aromatic amines is 1. The minimum Gasteiger partial charge on any atom is -0.330 e. The molecule has 0 spiro atoms. The molecular weight excluding hydrogens is 273 g/mol. The topological polar surface area (TPSA) is 41.6 Å². The molecule has 98 valence electrons. The second-order valence-electron chi connectivity index (χ2n) is 4.23. The van der Waals surface area contributed by atoms with Gasteiger partial charge in [-0.3, -0.25) is 4.98 Å². The van der Waals surface area contributed by atoms with Gasteiger partial charge >= 0.3 is 0 Å². The second-order valence-corrected chi connectivity index (χ2v) is 4.61. The van der Waals surface area contributed by atoms with E-state index in [-0.39, 0.29) is 5.82 Å². The number of nitrogens with one attached hydrogen (secondary N) is 1. The summed E-state index contributed by atoms with van der Waals surface area (Å²) >= 11 is 5.08. The van der Waals surface area contributed by atoms with Crippen molar-refractivity contribution in [3.05, 3.63) is 65.6 Å². The third-order valence-electron chi connectivity index (χ3n) is 2.92. The van der Waals surface area contributed by atoms with Gasteiger partial charge in [-0.05, 0) is 42.0 Å². The fraction of sp³-hybridized carbons (Fsp3) is 0. The van der Waals surface area contributed by atoms with Gasteiger partial charge in [0.05, 0.1) is 5.69 Å². The summed E-state index contributed by atoms with van der Waals surface area (Å²) in [7, 11) is 0. The second kappa shape index (κ2) is 5.30. The molecule has 1 N–H and O–H groups in total. The summed E-state index contributed by atoms with van der Waals surface area (Å²) < 4.78 is 13.4. The first-order valence-corrected chi connectivity index (χ1v) is 6.40. The Labute approximate surface area is 120 Å². The number of rotatable bonds is 2. The van der Waals surface area contributed by atoms with Crippen LogP contribution in [0.2, 0.25) is 0 Å². The van der Waals surface area contributed by atoms with E-state index in [9.17, 15) is 4.39 Å². The first-order chi connectivity index (χ1) is 9.74. The lowest BCUT2D eigenvalue weighted by Crippen LogP contribution is -1.93. The van der Waals surface area contributed by atoms with Gasteiger partial charge in [0, 0.05) is 29.7 Å². The van der Waals surface area contributed by atoms with Gasteiger partial charge in [0.15, 0.2) is 4.77 Å². The highest BCUT2D eigenvalue weighted by Gasteiger charge is 2.08. The molecule has 3 nitrogen and oxygen atoms in total. The third-order valence-corrected chi connectivity index (χ3v) is 3.13. The SMILES string of the molecule is Fc1ccc(-c2cnc(=S)[nH]c2-c2cccnc2)cc1. The Balaban J connectivity index is 2.21. The summed E-state index contributed by atoms with van der Waals surface area (Å²) in [6, 6.07) is 10.0. The minimum atomic E-state index is -0.270. The monoisotopic (exact) mass is 283 g/mol. The van der Waals surface area contributed by atoms with Crippen molar-refractivity contribution in [2.45, 2.75) is 0 Å². The zero-order valence-corrected chi connectivity index (χ0v) is 11.2. The van der Waals surface area contributed by atoms with E-state index in [1.807, 2.05) is 12.1 Å². The van der Waals surface area contributed by atoms with E-state index in [0.29, 0.717) is 4.77 Å². The molecule has 5 heteroatoms. The Morgan fingerprint density at radius 1 is 1.00 bits per heavy atom. The summed E-state index contributed by atoms with van der Waals surface area (Å²) in [5.41, 5.74) is 3.45. The molecular formula is C15H10FN3S. The molecule has 0 atom stereocenters. The normalized spacial score (nSPS) is 10.4. The fourth-order valence-corrected chi connectivity index (χ4v) is 2.14. The van der Waals surface area contributed by atoms with Gasteiger partial charge in [-0.1, -0.05) is 12.1 Å². The number of hydrogen-bond donors (Lipinski definition) is 1. The van der Waals surface area contributed by atoms with E-state index >= 15 is 0 Å². The molecule has 0 aliphatic carbocycles. The Morgan fingerprint density at radius 3 is 2.50 bits per heavy atom. The number of hydrogen-bond acceptors (Lipinski definition) is 3. The number of pyridine rings is 1. The van der Waals surface area contributed by atoms with Crippen molar-refractivity contribution in [1.29, 1.82) is 0 Å². The van der Waals surface area contributed by atoms with Gasteiger partial charge in [-0.15, -0.1) is 0 Å². The highest BCUT2D eigenvalue weighted by atomic mass is 32.1. The van der Waals surface area contributed by atoms with E-state index in [0.717, 1.165) is 22.4 Å². The van der Waals surface area contributed by atoms with Gasteiger partial charge in [0.2, 0.25) is 0 Å². The molecule has 0 saturated carbocycles. The first-order valence-electron chi connectivity index (χ1n) is 6.00. The van der Waals surface area contributed by atoms with Crippen molar-refractivity contribution in [3.8, 4) is 22.4 Å². The molecule has 3 aromatic rings. The van der Waals surface area contributed by atoms with E-state index in [4.69, 9.17) is 12.2 Å². The number of nitrogens with zero attached hydrogens (tertiary/aromatic N) is 2. The summed E-state index contributed by atoms with van der Waals surface area (Å²) in [5, 5.41) is 0. The van der Waals surface area contributed by atoms with Crippen molar-refractivity contribution in [3.63, 3.8) is 0 Å². The summed E-state index contributed by atoms with van der Waals surface area (Å²) in [5.74, 6) is -0.270. The predicted molar refractivity (Wildman–Crippen MR) is 78.0 cm³/mol. The molecule has 3 rings (SSSR count). The lowest BCUT2D eigenvalue weighted by molar-refractivity contribution is 0.628. The minimum absolute atomic E-state index is 0.270. The van der Waals surface area contributed by atoms with Crippen LogP contribution in [0.1, 0.15) is 0 Å². The maximum atomic E-state index is 13.0. The van der Waals surface area contributed by atoms with Gasteiger partial charge in [0.1, 0.15) is 5.82 Å². The molecule has 0 unspecified atom stereocenters. The van der Waals surface area contributed by atoms with Gasteiger partial charge < -0.3 is 4.98 Å². The van der Waals surface area contributed by atoms with Gasteiger partial charge in [-0.25, -0.2) is 9.37 Å². The summed E-state index contributed by atoms with van der Waals surface area (Å²) in [6.45, 7) is 0. The van der Waals surface area contributed by atoms with E-state index < -0.39 is 0 Å². The Hall–Kier alpha value is -2.40. The van der Waals surface area contributed by atoms with Gasteiger partial charge in [-0.2, -0.15) is 0 Å². The molecule has 0 aliphatic rings. The van der Waals surface area contributed by atoms with Crippen LogP contribution >= 0.6 is 12.2 Å². The predicted octanol–water partition coefficient (Wildman–Crippen LogP) is 4.01. The highest BCUT2D eigenvalue weighted by molar-refractivity contribution is 7.71. The maximum Gasteiger partial charge on any atom is 0.197 e. The van der Waals surface area contributed by atoms with Crippen LogP contribution in [0, 0.1) is 10.6 Å². The Morgan fingerprint density at radius 2 is 1.80 bits per heavy atom.